The number of aryl methyl sites for hydroxylation is 1. The first kappa shape index (κ1) is 20.7. The van der Waals surface area contributed by atoms with Gasteiger partial charge < -0.3 is 9.42 Å². The lowest BCUT2D eigenvalue weighted by atomic mass is 10.1. The Morgan fingerprint density at radius 3 is 2.55 bits per heavy atom. The highest BCUT2D eigenvalue weighted by molar-refractivity contribution is 7.90. The lowest BCUT2D eigenvalue weighted by molar-refractivity contribution is -0.130. The lowest BCUT2D eigenvalue weighted by Crippen LogP contribution is -2.35. The van der Waals surface area contributed by atoms with E-state index in [4.69, 9.17) is 4.52 Å². The molecule has 1 aromatic heterocycles. The Bertz CT molecular complexity index is 1250. The monoisotopic (exact) mass is 440 g/mol. The Morgan fingerprint density at radius 2 is 1.84 bits per heavy atom. The van der Waals surface area contributed by atoms with Gasteiger partial charge in [-0.2, -0.15) is 4.98 Å². The Morgan fingerprint density at radius 1 is 1.13 bits per heavy atom. The van der Waals surface area contributed by atoms with Crippen LogP contribution in [0.5, 0.6) is 0 Å². The van der Waals surface area contributed by atoms with Crippen LogP contribution in [0.2, 0.25) is 0 Å². The fourth-order valence-electron chi connectivity index (χ4n) is 3.27. The maximum absolute atomic E-state index is 12.6. The molecule has 0 bridgehead atoms. The molecule has 4 rings (SSSR count). The van der Waals surface area contributed by atoms with E-state index in [1.54, 1.807) is 19.2 Å². The van der Waals surface area contributed by atoms with Crippen LogP contribution in [0.4, 0.5) is 0 Å². The molecule has 0 unspecified atom stereocenters. The fourth-order valence-corrected chi connectivity index (χ4v) is 4.84. The minimum atomic E-state index is -3.93. The van der Waals surface area contributed by atoms with Crippen LogP contribution in [-0.2, 0) is 21.4 Å². The number of fused-ring (bicyclic) bond motifs is 1. The van der Waals surface area contributed by atoms with Crippen LogP contribution in [0.15, 0.2) is 57.9 Å². The Labute approximate surface area is 179 Å². The van der Waals surface area contributed by atoms with Gasteiger partial charge in [0.1, 0.15) is 4.90 Å². The summed E-state index contributed by atoms with van der Waals surface area (Å²) in [5.74, 6) is -0.300. The Kier molecular flexibility index (Phi) is 5.32. The molecule has 10 heteroatoms. The van der Waals surface area contributed by atoms with E-state index in [9.17, 15) is 18.0 Å². The molecule has 0 spiro atoms. The number of nitrogens with zero attached hydrogens (tertiary/aromatic N) is 4. The third-order valence-electron chi connectivity index (χ3n) is 5.02. The van der Waals surface area contributed by atoms with E-state index in [1.165, 1.54) is 17.0 Å². The second kappa shape index (κ2) is 7.95. The number of carbonyl (C=O) groups excluding carboxylic acids is 2. The predicted octanol–water partition coefficient (Wildman–Crippen LogP) is 2.24. The Hall–Kier alpha value is -3.53. The van der Waals surface area contributed by atoms with Gasteiger partial charge in [-0.05, 0) is 19.1 Å². The predicted molar refractivity (Wildman–Crippen MR) is 110 cm³/mol. The average Bonchev–Trinajstić information content (AvgIpc) is 3.28. The van der Waals surface area contributed by atoms with E-state index in [2.05, 4.69) is 10.1 Å². The van der Waals surface area contributed by atoms with Gasteiger partial charge in [0.25, 0.3) is 15.9 Å². The molecule has 1 aliphatic rings. The summed E-state index contributed by atoms with van der Waals surface area (Å²) in [6, 6.07) is 13.6. The van der Waals surface area contributed by atoms with Crippen molar-refractivity contribution in [3.8, 4) is 11.4 Å². The van der Waals surface area contributed by atoms with Crippen LogP contribution in [0.25, 0.3) is 11.4 Å². The molecule has 2 aromatic carbocycles. The highest BCUT2D eigenvalue weighted by Crippen LogP contribution is 2.30. The maximum atomic E-state index is 12.6. The summed E-state index contributed by atoms with van der Waals surface area (Å²) in [5.41, 5.74) is 2.03. The zero-order valence-corrected chi connectivity index (χ0v) is 17.8. The number of sulfonamides is 1. The van der Waals surface area contributed by atoms with Crippen molar-refractivity contribution in [3.63, 3.8) is 0 Å². The van der Waals surface area contributed by atoms with E-state index in [0.717, 1.165) is 15.4 Å². The van der Waals surface area contributed by atoms with Gasteiger partial charge in [0.2, 0.25) is 17.6 Å². The molecule has 31 heavy (non-hydrogen) atoms. The molecular weight excluding hydrogens is 420 g/mol. The highest BCUT2D eigenvalue weighted by Gasteiger charge is 2.40. The first-order chi connectivity index (χ1) is 14.8. The van der Waals surface area contributed by atoms with Crippen molar-refractivity contribution in [2.24, 2.45) is 0 Å². The lowest BCUT2D eigenvalue weighted by Gasteiger charge is -2.18. The molecule has 0 radical (unpaired) electrons. The minimum Gasteiger partial charge on any atom is -0.337 e. The largest absolute Gasteiger partial charge is 0.337 e. The summed E-state index contributed by atoms with van der Waals surface area (Å²) in [6.45, 7) is 1.81. The first-order valence-electron chi connectivity index (χ1n) is 9.57. The summed E-state index contributed by atoms with van der Waals surface area (Å²) in [7, 11) is -2.39. The Balaban J connectivity index is 1.38. The molecule has 0 atom stereocenters. The molecule has 0 saturated carbocycles. The van der Waals surface area contributed by atoms with E-state index in [1.807, 2.05) is 31.2 Å². The third kappa shape index (κ3) is 3.93. The molecule has 2 amide bonds. The minimum absolute atomic E-state index is 0.0321. The summed E-state index contributed by atoms with van der Waals surface area (Å²) in [5, 5.41) is 3.93. The van der Waals surface area contributed by atoms with Gasteiger partial charge in [-0.3, -0.25) is 9.59 Å². The van der Waals surface area contributed by atoms with E-state index in [0.29, 0.717) is 5.82 Å². The molecule has 0 aliphatic carbocycles. The van der Waals surface area contributed by atoms with E-state index >= 15 is 0 Å². The van der Waals surface area contributed by atoms with Crippen LogP contribution >= 0.6 is 0 Å². The molecule has 9 nitrogen and oxygen atoms in total. The normalized spacial score (nSPS) is 14.5. The van der Waals surface area contributed by atoms with Crippen molar-refractivity contribution in [1.29, 1.82) is 0 Å². The third-order valence-corrected chi connectivity index (χ3v) is 6.86. The second-order valence-corrected chi connectivity index (χ2v) is 9.09. The van der Waals surface area contributed by atoms with Crippen LogP contribution in [0, 0.1) is 6.92 Å². The SMILES string of the molecule is Cc1ccc(-c2noc(CN(C)C(=O)CCN3C(=O)c4ccccc4S3(=O)=O)n2)cc1. The summed E-state index contributed by atoms with van der Waals surface area (Å²) >= 11 is 0. The van der Waals surface area contributed by atoms with Gasteiger partial charge in [0.05, 0.1) is 12.1 Å². The van der Waals surface area contributed by atoms with Crippen molar-refractivity contribution in [3.05, 3.63) is 65.5 Å². The standard InChI is InChI=1S/C21H20N4O5S/c1-14-7-9-15(10-8-14)20-22-18(30-23-20)13-24(2)19(26)11-12-25-21(27)16-5-3-4-6-17(16)31(25,28)29/h3-10H,11-13H2,1-2H3. The number of amides is 2. The van der Waals surface area contributed by atoms with Crippen molar-refractivity contribution in [2.75, 3.05) is 13.6 Å². The molecule has 0 saturated heterocycles. The zero-order chi connectivity index (χ0) is 22.2. The van der Waals surface area contributed by atoms with Gasteiger partial charge in [-0.25, -0.2) is 12.7 Å². The molecule has 160 valence electrons. The molecular formula is C21H20N4O5S. The van der Waals surface area contributed by atoms with Crippen molar-refractivity contribution < 1.29 is 22.5 Å². The van der Waals surface area contributed by atoms with E-state index < -0.39 is 15.9 Å². The quantitative estimate of drug-likeness (QED) is 0.577. The van der Waals surface area contributed by atoms with Crippen LogP contribution < -0.4 is 0 Å². The summed E-state index contributed by atoms with van der Waals surface area (Å²) in [6.07, 6.45) is -0.158. The number of hydrogen-bond donors (Lipinski definition) is 0. The van der Waals surface area contributed by atoms with Crippen LogP contribution in [0.1, 0.15) is 28.2 Å². The first-order valence-corrected chi connectivity index (χ1v) is 11.0. The fraction of sp³-hybridized carbons (Fsp3) is 0.238. The average molecular weight is 440 g/mol. The van der Waals surface area contributed by atoms with Gasteiger partial charge in [0, 0.05) is 25.6 Å². The van der Waals surface area contributed by atoms with Crippen LogP contribution in [-0.4, -0.2) is 53.2 Å². The number of carbonyl (C=O) groups is 2. The van der Waals surface area contributed by atoms with Crippen molar-refractivity contribution in [2.45, 2.75) is 24.8 Å². The van der Waals surface area contributed by atoms with Gasteiger partial charge in [-0.1, -0.05) is 47.1 Å². The number of benzene rings is 2. The number of rotatable bonds is 6. The van der Waals surface area contributed by atoms with Gasteiger partial charge in [-0.15, -0.1) is 0 Å². The molecule has 0 N–H and O–H groups in total. The zero-order valence-electron chi connectivity index (χ0n) is 17.0. The van der Waals surface area contributed by atoms with Gasteiger partial charge >= 0.3 is 0 Å². The van der Waals surface area contributed by atoms with Crippen LogP contribution in [0.3, 0.4) is 0 Å². The molecule has 2 heterocycles. The molecule has 1 aliphatic heterocycles. The summed E-state index contributed by atoms with van der Waals surface area (Å²) < 4.78 is 31.1. The smallest absolute Gasteiger partial charge is 0.269 e. The second-order valence-electron chi connectivity index (χ2n) is 7.26. The van der Waals surface area contributed by atoms with Gasteiger partial charge in [0.15, 0.2) is 0 Å². The maximum Gasteiger partial charge on any atom is 0.269 e. The number of hydrogen-bond acceptors (Lipinski definition) is 7. The summed E-state index contributed by atoms with van der Waals surface area (Å²) in [4.78, 5) is 30.6. The topological polar surface area (TPSA) is 114 Å². The van der Waals surface area contributed by atoms with E-state index in [-0.39, 0.29) is 41.8 Å². The highest BCUT2D eigenvalue weighted by atomic mass is 32.2. The van der Waals surface area contributed by atoms with Crippen molar-refractivity contribution in [1.82, 2.24) is 19.3 Å². The van der Waals surface area contributed by atoms with Crippen molar-refractivity contribution >= 4 is 21.8 Å². The molecule has 3 aromatic rings. The number of aromatic nitrogens is 2. The molecule has 0 fully saturated rings.